The Kier molecular flexibility index (Phi) is 8.29. The number of aromatic nitrogens is 2. The van der Waals surface area contributed by atoms with Gasteiger partial charge in [0.05, 0.1) is 16.2 Å². The van der Waals surface area contributed by atoms with E-state index in [1.165, 1.54) is 22.2 Å². The van der Waals surface area contributed by atoms with Gasteiger partial charge in [0.2, 0.25) is 0 Å². The third-order valence-electron chi connectivity index (χ3n) is 6.78. The van der Waals surface area contributed by atoms with Crippen molar-refractivity contribution in [2.24, 2.45) is 0 Å². The van der Waals surface area contributed by atoms with Crippen molar-refractivity contribution in [1.29, 1.82) is 0 Å². The average molecular weight is 568 g/mol. The Hall–Kier alpha value is -3.28. The zero-order chi connectivity index (χ0) is 27.5. The molecule has 0 atom stereocenters. The zero-order valence-corrected chi connectivity index (χ0v) is 23.6. The molecular weight excluding hydrogens is 537 g/mol. The molecule has 39 heavy (non-hydrogen) atoms. The van der Waals surface area contributed by atoms with Crippen LogP contribution in [-0.2, 0) is 9.53 Å². The van der Waals surface area contributed by atoms with Crippen molar-refractivity contribution in [3.8, 4) is 0 Å². The number of benzene rings is 1. The molecular formula is C28H30FN5O3S2. The number of anilines is 2. The number of nitrogens with zero attached hydrogens (tertiary/aromatic N) is 5. The lowest BCUT2D eigenvalue weighted by atomic mass is 10.2. The number of carbonyl (C=O) groups excluding carboxylic acids is 1. The molecule has 3 aromatic rings. The number of ether oxygens (including phenoxy) is 1. The lowest BCUT2D eigenvalue weighted by molar-refractivity contribution is -0.122. The fourth-order valence-electron chi connectivity index (χ4n) is 4.77. The summed E-state index contributed by atoms with van der Waals surface area (Å²) in [6.45, 7) is 7.69. The van der Waals surface area contributed by atoms with Crippen LogP contribution in [0.2, 0.25) is 0 Å². The highest BCUT2D eigenvalue weighted by atomic mass is 32.2. The van der Waals surface area contributed by atoms with Crippen LogP contribution >= 0.6 is 24.0 Å². The van der Waals surface area contributed by atoms with E-state index in [-0.39, 0.29) is 17.3 Å². The Morgan fingerprint density at radius 3 is 2.59 bits per heavy atom. The van der Waals surface area contributed by atoms with Gasteiger partial charge in [-0.3, -0.25) is 18.9 Å². The largest absolute Gasteiger partial charge is 0.382 e. The van der Waals surface area contributed by atoms with Gasteiger partial charge in [0.1, 0.15) is 21.6 Å². The summed E-state index contributed by atoms with van der Waals surface area (Å²) in [6, 6.07) is 10.5. The molecule has 0 unspecified atom stereocenters. The first-order valence-corrected chi connectivity index (χ1v) is 14.2. The van der Waals surface area contributed by atoms with Crippen molar-refractivity contribution in [3.63, 3.8) is 0 Å². The van der Waals surface area contributed by atoms with Crippen LogP contribution in [0.5, 0.6) is 0 Å². The smallest absolute Gasteiger partial charge is 0.267 e. The van der Waals surface area contributed by atoms with Gasteiger partial charge in [-0.15, -0.1) is 0 Å². The van der Waals surface area contributed by atoms with Crippen LogP contribution in [0.1, 0.15) is 24.5 Å². The molecule has 5 rings (SSSR count). The van der Waals surface area contributed by atoms with E-state index in [0.717, 1.165) is 5.56 Å². The van der Waals surface area contributed by atoms with Crippen molar-refractivity contribution < 1.29 is 13.9 Å². The number of para-hydroxylation sites is 1. The Labute approximate surface area is 236 Å². The summed E-state index contributed by atoms with van der Waals surface area (Å²) in [4.78, 5) is 37.9. The molecule has 204 valence electrons. The first-order valence-electron chi connectivity index (χ1n) is 13.0. The van der Waals surface area contributed by atoms with Crippen molar-refractivity contribution in [3.05, 3.63) is 74.8 Å². The van der Waals surface area contributed by atoms with Crippen LogP contribution in [0.3, 0.4) is 0 Å². The van der Waals surface area contributed by atoms with Crippen LogP contribution < -0.4 is 15.4 Å². The minimum atomic E-state index is -0.257. The molecule has 2 saturated heterocycles. The summed E-state index contributed by atoms with van der Waals surface area (Å²) in [5, 5.41) is 0. The van der Waals surface area contributed by atoms with Gasteiger partial charge >= 0.3 is 0 Å². The van der Waals surface area contributed by atoms with Gasteiger partial charge in [-0.2, -0.15) is 0 Å². The lowest BCUT2D eigenvalue weighted by Crippen LogP contribution is -2.47. The number of pyridine rings is 1. The third-order valence-corrected chi connectivity index (χ3v) is 8.16. The summed E-state index contributed by atoms with van der Waals surface area (Å²) in [5.74, 6) is 0.0385. The van der Waals surface area contributed by atoms with E-state index in [0.29, 0.717) is 84.3 Å². The summed E-state index contributed by atoms with van der Waals surface area (Å²) in [5.41, 5.74) is 2.10. The van der Waals surface area contributed by atoms with Gasteiger partial charge < -0.3 is 14.5 Å². The minimum Gasteiger partial charge on any atom is -0.382 e. The van der Waals surface area contributed by atoms with Crippen molar-refractivity contribution in [2.75, 3.05) is 55.7 Å². The Morgan fingerprint density at radius 1 is 1.10 bits per heavy atom. The molecule has 2 aliphatic rings. The van der Waals surface area contributed by atoms with Crippen LogP contribution in [0.25, 0.3) is 11.7 Å². The molecule has 1 amide bonds. The van der Waals surface area contributed by atoms with Crippen LogP contribution in [0, 0.1) is 12.7 Å². The quantitative estimate of drug-likeness (QED) is 0.229. The topological polar surface area (TPSA) is 70.4 Å². The van der Waals surface area contributed by atoms with Crippen LogP contribution in [0.15, 0.2) is 52.3 Å². The number of thioether (sulfide) groups is 1. The minimum absolute atomic E-state index is 0.217. The number of carbonyl (C=O) groups is 1. The first-order chi connectivity index (χ1) is 18.9. The molecule has 8 nitrogen and oxygen atoms in total. The maximum atomic E-state index is 14.4. The van der Waals surface area contributed by atoms with E-state index in [4.69, 9.17) is 21.9 Å². The highest BCUT2D eigenvalue weighted by molar-refractivity contribution is 8.26. The van der Waals surface area contributed by atoms with Gasteiger partial charge in [0.15, 0.2) is 0 Å². The standard InChI is InChI=1S/C28H30FN5O3S2/c1-3-37-16-6-11-33-27(36)23(39-28(33)38)17-20-25(30-24-10-9-19(2)18-34(24)26(20)35)32-14-12-31(13-15-32)22-8-5-4-7-21(22)29/h4-5,7-10,17-18H,3,6,11-16H2,1-2H3/b23-17+. The van der Waals surface area contributed by atoms with Gasteiger partial charge in [-0.05, 0) is 50.1 Å². The fraction of sp³-hybridized carbons (Fsp3) is 0.357. The molecule has 2 aliphatic heterocycles. The number of halogens is 1. The van der Waals surface area contributed by atoms with E-state index in [1.807, 2.05) is 41.8 Å². The predicted octanol–water partition coefficient (Wildman–Crippen LogP) is 4.10. The van der Waals surface area contributed by atoms with Crippen LogP contribution in [-0.4, -0.2) is 70.4 Å². The number of piperazine rings is 1. The molecule has 0 saturated carbocycles. The molecule has 0 radical (unpaired) electrons. The van der Waals surface area contributed by atoms with E-state index >= 15 is 0 Å². The summed E-state index contributed by atoms with van der Waals surface area (Å²) >= 11 is 6.68. The number of amides is 1. The van der Waals surface area contributed by atoms with Crippen molar-refractivity contribution in [2.45, 2.75) is 20.3 Å². The molecule has 11 heteroatoms. The number of hydrogen-bond acceptors (Lipinski definition) is 8. The average Bonchev–Trinajstić information content (AvgIpc) is 3.20. The fourth-order valence-corrected chi connectivity index (χ4v) is 6.06. The van der Waals surface area contributed by atoms with E-state index in [9.17, 15) is 14.0 Å². The third kappa shape index (κ3) is 5.70. The van der Waals surface area contributed by atoms with Crippen LogP contribution in [0.4, 0.5) is 15.9 Å². The maximum Gasteiger partial charge on any atom is 0.267 e. The summed E-state index contributed by atoms with van der Waals surface area (Å²) in [7, 11) is 0. The maximum absolute atomic E-state index is 14.4. The van der Waals surface area contributed by atoms with E-state index in [1.54, 1.807) is 29.3 Å². The second kappa shape index (κ2) is 11.8. The Morgan fingerprint density at radius 2 is 1.85 bits per heavy atom. The van der Waals surface area contributed by atoms with E-state index in [2.05, 4.69) is 0 Å². The number of fused-ring (bicyclic) bond motifs is 1. The molecule has 0 bridgehead atoms. The van der Waals surface area contributed by atoms with Gasteiger partial charge in [-0.1, -0.05) is 42.2 Å². The molecule has 4 heterocycles. The first kappa shape index (κ1) is 27.3. The normalized spacial score (nSPS) is 17.2. The molecule has 2 aromatic heterocycles. The van der Waals surface area contributed by atoms with E-state index < -0.39 is 0 Å². The number of aryl methyl sites for hydroxylation is 1. The van der Waals surface area contributed by atoms with Crippen molar-refractivity contribution >= 4 is 57.4 Å². The number of thiocarbonyl (C=S) groups is 1. The highest BCUT2D eigenvalue weighted by Crippen LogP contribution is 2.34. The summed E-state index contributed by atoms with van der Waals surface area (Å²) in [6.07, 6.45) is 4.05. The monoisotopic (exact) mass is 567 g/mol. The van der Waals surface area contributed by atoms with Gasteiger partial charge in [0, 0.05) is 52.1 Å². The Balaban J connectivity index is 1.47. The van der Waals surface area contributed by atoms with Gasteiger partial charge in [-0.25, -0.2) is 9.37 Å². The molecule has 0 aliphatic carbocycles. The number of rotatable bonds is 8. The lowest BCUT2D eigenvalue weighted by Gasteiger charge is -2.37. The second-order valence-corrected chi connectivity index (χ2v) is 11.1. The Bertz CT molecular complexity index is 1500. The molecule has 1 aromatic carbocycles. The van der Waals surface area contributed by atoms with Gasteiger partial charge in [0.25, 0.3) is 11.5 Å². The summed E-state index contributed by atoms with van der Waals surface area (Å²) < 4.78 is 21.8. The molecule has 2 fully saturated rings. The molecule has 0 N–H and O–H groups in total. The molecule has 0 spiro atoms. The highest BCUT2D eigenvalue weighted by Gasteiger charge is 2.33. The second-order valence-electron chi connectivity index (χ2n) is 9.40. The zero-order valence-electron chi connectivity index (χ0n) is 21.9. The number of hydrogen-bond donors (Lipinski definition) is 0. The SMILES string of the molecule is CCOCCCN1C(=O)/C(=C\c2c(N3CCN(c4ccccc4F)CC3)nc3ccc(C)cn3c2=O)SC1=S. The van der Waals surface area contributed by atoms with Crippen molar-refractivity contribution in [1.82, 2.24) is 14.3 Å². The predicted molar refractivity (Wildman–Crippen MR) is 158 cm³/mol.